The molecule has 0 aliphatic carbocycles. The number of hydrogen-bond donors (Lipinski definition) is 1. The minimum Gasteiger partial charge on any atom is -0.363 e. The zero-order valence-electron chi connectivity index (χ0n) is 19.7. The monoisotopic (exact) mass is 652 g/mol. The van der Waals surface area contributed by atoms with Gasteiger partial charge in [-0.2, -0.15) is 39.5 Å². The Balaban J connectivity index is 1.96. The van der Waals surface area contributed by atoms with Crippen LogP contribution in [0.3, 0.4) is 0 Å². The van der Waals surface area contributed by atoms with E-state index in [1.54, 1.807) is 0 Å². The maximum Gasteiger partial charge on any atom is 0.433 e. The quantitative estimate of drug-likeness (QED) is 0.157. The smallest absolute Gasteiger partial charge is 0.363 e. The number of nitrogens with zero attached hydrogens (tertiary/aromatic N) is 1. The zero-order valence-corrected chi connectivity index (χ0v) is 22.0. The third-order valence-corrected chi connectivity index (χ3v) is 6.60. The van der Waals surface area contributed by atoms with Gasteiger partial charge in [0.05, 0.1) is 27.2 Å². The number of rotatable bonds is 7. The van der Waals surface area contributed by atoms with E-state index < -0.39 is 76.4 Å². The van der Waals surface area contributed by atoms with Gasteiger partial charge >= 0.3 is 18.5 Å². The van der Waals surface area contributed by atoms with Crippen molar-refractivity contribution >= 4 is 52.2 Å². The van der Waals surface area contributed by atoms with E-state index >= 15 is 0 Å². The van der Waals surface area contributed by atoms with Crippen LogP contribution < -0.4 is 5.32 Å². The standard InChI is InChI=1S/C25H13Cl3F10N2O/c26-16-7-12(8-17(27)22(16)28)14(23(30,31)32)9-18(29)11-4-5-13(15(6-11)24(33,34)35)19(41)10-39-21-3-1-2-20(40-21)25(36,37)38/h1-9,14H,10H2,(H,39,40)/b18-9-. The molecular weight excluding hydrogens is 641 g/mol. The van der Waals surface area contributed by atoms with E-state index in [1.807, 2.05) is 0 Å². The maximum atomic E-state index is 15.0. The molecule has 3 nitrogen and oxygen atoms in total. The lowest BCUT2D eigenvalue weighted by Gasteiger charge is -2.19. The number of alkyl halides is 9. The van der Waals surface area contributed by atoms with E-state index in [-0.39, 0.29) is 27.2 Å². The van der Waals surface area contributed by atoms with Crippen LogP contribution in [0.5, 0.6) is 0 Å². The summed E-state index contributed by atoms with van der Waals surface area (Å²) in [5, 5.41) is 1.15. The number of anilines is 1. The van der Waals surface area contributed by atoms with E-state index in [0.717, 1.165) is 24.3 Å². The minimum absolute atomic E-state index is 0.00768. The molecule has 3 aromatic rings. The highest BCUT2D eigenvalue weighted by Crippen LogP contribution is 2.43. The van der Waals surface area contributed by atoms with Gasteiger partial charge in [-0.25, -0.2) is 9.37 Å². The number of halogens is 13. The Morgan fingerprint density at radius 3 is 2.02 bits per heavy atom. The minimum atomic E-state index is -5.27. The van der Waals surface area contributed by atoms with Crippen molar-refractivity contribution in [2.75, 3.05) is 11.9 Å². The van der Waals surface area contributed by atoms with Crippen LogP contribution >= 0.6 is 34.8 Å². The van der Waals surface area contributed by atoms with Crippen LogP contribution in [0.2, 0.25) is 15.1 Å². The van der Waals surface area contributed by atoms with Crippen molar-refractivity contribution in [3.8, 4) is 0 Å². The van der Waals surface area contributed by atoms with Gasteiger partial charge < -0.3 is 5.32 Å². The van der Waals surface area contributed by atoms with Gasteiger partial charge in [0, 0.05) is 11.1 Å². The third kappa shape index (κ3) is 8.04. The number of benzene rings is 2. The van der Waals surface area contributed by atoms with Crippen LogP contribution in [0.15, 0.2) is 54.6 Å². The van der Waals surface area contributed by atoms with Crippen molar-refractivity contribution in [1.29, 1.82) is 0 Å². The van der Waals surface area contributed by atoms with E-state index in [4.69, 9.17) is 34.8 Å². The van der Waals surface area contributed by atoms with Crippen LogP contribution in [0, 0.1) is 0 Å². The number of aromatic nitrogens is 1. The van der Waals surface area contributed by atoms with Crippen LogP contribution in [0.25, 0.3) is 5.83 Å². The van der Waals surface area contributed by atoms with Crippen molar-refractivity contribution in [3.63, 3.8) is 0 Å². The van der Waals surface area contributed by atoms with Gasteiger partial charge in [-0.15, -0.1) is 0 Å². The second kappa shape index (κ2) is 12.1. The molecule has 0 bridgehead atoms. The summed E-state index contributed by atoms with van der Waals surface area (Å²) < 4.78 is 136. The largest absolute Gasteiger partial charge is 0.433 e. The number of ketones is 1. The number of nitrogens with one attached hydrogen (secondary N) is 1. The predicted molar refractivity (Wildman–Crippen MR) is 133 cm³/mol. The van der Waals surface area contributed by atoms with Gasteiger partial charge in [0.25, 0.3) is 0 Å². The highest BCUT2D eigenvalue weighted by atomic mass is 35.5. The van der Waals surface area contributed by atoms with Crippen molar-refractivity contribution in [1.82, 2.24) is 4.98 Å². The Morgan fingerprint density at radius 1 is 0.878 bits per heavy atom. The fourth-order valence-electron chi connectivity index (χ4n) is 3.50. The lowest BCUT2D eigenvalue weighted by Crippen LogP contribution is -2.21. The number of carbonyl (C=O) groups excluding carboxylic acids is 1. The number of Topliss-reactive ketones (excluding diaryl/α,β-unsaturated/α-hetero) is 1. The van der Waals surface area contributed by atoms with Gasteiger partial charge in [-0.1, -0.05) is 53.0 Å². The summed E-state index contributed by atoms with van der Waals surface area (Å²) in [7, 11) is 0. The molecule has 2 aromatic carbocycles. The first-order valence-electron chi connectivity index (χ1n) is 10.9. The van der Waals surface area contributed by atoms with E-state index in [9.17, 15) is 48.7 Å². The second-order valence-electron chi connectivity index (χ2n) is 8.27. The van der Waals surface area contributed by atoms with Gasteiger partial charge in [0.1, 0.15) is 23.3 Å². The molecule has 1 heterocycles. The molecule has 3 rings (SSSR count). The predicted octanol–water partition coefficient (Wildman–Crippen LogP) is 10.0. The molecular formula is C25H13Cl3F10N2O. The van der Waals surface area contributed by atoms with Gasteiger partial charge in [-0.05, 0) is 42.0 Å². The normalized spacial score (nSPS) is 13.7. The van der Waals surface area contributed by atoms with Crippen molar-refractivity contribution in [2.24, 2.45) is 0 Å². The number of carbonyl (C=O) groups is 1. The average Bonchev–Trinajstić information content (AvgIpc) is 2.86. The second-order valence-corrected chi connectivity index (χ2v) is 9.47. The first-order chi connectivity index (χ1) is 18.8. The summed E-state index contributed by atoms with van der Waals surface area (Å²) in [6.07, 6.45) is -15.2. The molecule has 220 valence electrons. The topological polar surface area (TPSA) is 42.0 Å². The Labute approximate surface area is 239 Å². The molecule has 0 saturated heterocycles. The number of hydrogen-bond acceptors (Lipinski definition) is 3. The third-order valence-electron chi connectivity index (χ3n) is 5.40. The van der Waals surface area contributed by atoms with Crippen LogP contribution in [0.4, 0.5) is 49.7 Å². The molecule has 0 aliphatic heterocycles. The van der Waals surface area contributed by atoms with E-state index in [2.05, 4.69) is 10.3 Å². The van der Waals surface area contributed by atoms with Gasteiger partial charge in [0.2, 0.25) is 0 Å². The van der Waals surface area contributed by atoms with Crippen LogP contribution in [-0.2, 0) is 12.4 Å². The first-order valence-corrected chi connectivity index (χ1v) is 12.0. The molecule has 0 saturated carbocycles. The molecule has 0 radical (unpaired) electrons. The van der Waals surface area contributed by atoms with Crippen LogP contribution in [0.1, 0.15) is 38.7 Å². The summed E-state index contributed by atoms with van der Waals surface area (Å²) in [6, 6.07) is 5.48. The molecule has 0 aliphatic rings. The molecule has 1 atom stereocenters. The van der Waals surface area contributed by atoms with Crippen molar-refractivity contribution in [3.05, 3.63) is 97.6 Å². The van der Waals surface area contributed by atoms with Crippen molar-refractivity contribution < 1.29 is 48.7 Å². The molecule has 0 fully saturated rings. The highest BCUT2D eigenvalue weighted by Gasteiger charge is 2.41. The van der Waals surface area contributed by atoms with Gasteiger partial charge in [-0.3, -0.25) is 4.79 Å². The number of pyridine rings is 1. The average molecular weight is 654 g/mol. The zero-order chi connectivity index (χ0) is 30.9. The summed E-state index contributed by atoms with van der Waals surface area (Å²) in [5.41, 5.74) is -5.62. The SMILES string of the molecule is O=C(CNc1cccc(C(F)(F)F)n1)c1ccc(/C(F)=C/C(c2cc(Cl)c(Cl)c(Cl)c2)C(F)(F)F)cc1C(F)(F)F. The summed E-state index contributed by atoms with van der Waals surface area (Å²) in [4.78, 5) is 15.8. The summed E-state index contributed by atoms with van der Waals surface area (Å²) >= 11 is 17.3. The fourth-order valence-corrected chi connectivity index (χ4v) is 4.12. The lowest BCUT2D eigenvalue weighted by atomic mass is 9.95. The van der Waals surface area contributed by atoms with Gasteiger partial charge in [0.15, 0.2) is 5.78 Å². The highest BCUT2D eigenvalue weighted by molar-refractivity contribution is 6.48. The molecule has 0 amide bonds. The molecule has 1 N–H and O–H groups in total. The van der Waals surface area contributed by atoms with E-state index in [1.165, 1.54) is 0 Å². The molecule has 0 spiro atoms. The van der Waals surface area contributed by atoms with E-state index in [0.29, 0.717) is 18.2 Å². The fraction of sp³-hybridized carbons (Fsp3) is 0.200. The van der Waals surface area contributed by atoms with Crippen molar-refractivity contribution in [2.45, 2.75) is 24.4 Å². The Kier molecular flexibility index (Phi) is 9.56. The number of allylic oxidation sites excluding steroid dienone is 1. The summed E-state index contributed by atoms with van der Waals surface area (Å²) in [5.74, 6) is -6.15. The summed E-state index contributed by atoms with van der Waals surface area (Å²) in [6.45, 7) is -0.941. The first kappa shape index (κ1) is 32.5. The molecule has 1 aromatic heterocycles. The Morgan fingerprint density at radius 2 is 1.49 bits per heavy atom. The molecule has 41 heavy (non-hydrogen) atoms. The lowest BCUT2D eigenvalue weighted by molar-refractivity contribution is -0.141. The van der Waals surface area contributed by atoms with Crippen LogP contribution in [-0.4, -0.2) is 23.5 Å². The molecule has 1 unspecified atom stereocenters. The Bertz CT molecular complexity index is 1460. The maximum absolute atomic E-state index is 15.0. The molecule has 16 heteroatoms. The Hall–Kier alpha value is -3.03.